The standard InChI is InChI=1S/C32H43NO6/c1-21(2)38-29(34)36-17-6-18-37-30(35)39-24-12-14-31(3)23(19-24)8-9-25-27-11-10-26(22-7-5-16-33-20-22)32(27,4)15-13-28(25)31/h5,7-8,10,16,20-21,24-25,27-28H,6,9,11-15,17-19H2,1-4H3/t24-,25-,27-,28-,31-,32+/m0/s1. The van der Waals surface area contributed by atoms with Gasteiger partial charge in [0.2, 0.25) is 0 Å². The van der Waals surface area contributed by atoms with E-state index in [4.69, 9.17) is 18.9 Å². The van der Waals surface area contributed by atoms with E-state index in [-0.39, 0.29) is 36.3 Å². The number of carbonyl (C=O) groups excluding carboxylic acids is 2. The van der Waals surface area contributed by atoms with E-state index in [0.717, 1.165) is 32.1 Å². The molecule has 0 N–H and O–H groups in total. The van der Waals surface area contributed by atoms with Crippen LogP contribution in [0.3, 0.4) is 0 Å². The molecule has 4 aliphatic rings. The molecule has 0 amide bonds. The molecule has 4 aliphatic carbocycles. The Morgan fingerprint density at radius 3 is 2.51 bits per heavy atom. The number of allylic oxidation sites excluding steroid dienone is 3. The van der Waals surface area contributed by atoms with Gasteiger partial charge in [-0.05, 0) is 98.2 Å². The highest BCUT2D eigenvalue weighted by atomic mass is 16.7. The molecule has 0 saturated heterocycles. The van der Waals surface area contributed by atoms with Crippen molar-refractivity contribution in [3.63, 3.8) is 0 Å². The van der Waals surface area contributed by atoms with Crippen LogP contribution in [0.5, 0.6) is 0 Å². The molecule has 39 heavy (non-hydrogen) atoms. The Labute approximate surface area is 232 Å². The van der Waals surface area contributed by atoms with Crippen molar-refractivity contribution in [1.82, 2.24) is 4.98 Å². The van der Waals surface area contributed by atoms with Crippen molar-refractivity contribution in [2.24, 2.45) is 28.6 Å². The molecule has 1 aromatic heterocycles. The molecule has 0 unspecified atom stereocenters. The van der Waals surface area contributed by atoms with Crippen LogP contribution in [0.25, 0.3) is 5.57 Å². The Bertz CT molecular complexity index is 1110. The summed E-state index contributed by atoms with van der Waals surface area (Å²) in [5.74, 6) is 2.03. The van der Waals surface area contributed by atoms with Crippen LogP contribution in [0, 0.1) is 28.6 Å². The van der Waals surface area contributed by atoms with Crippen LogP contribution < -0.4 is 0 Å². The summed E-state index contributed by atoms with van der Waals surface area (Å²) in [4.78, 5) is 28.1. The second-order valence-corrected chi connectivity index (χ2v) is 12.5. The summed E-state index contributed by atoms with van der Waals surface area (Å²) in [6, 6.07) is 4.26. The molecule has 2 fully saturated rings. The van der Waals surface area contributed by atoms with Crippen LogP contribution in [0.15, 0.2) is 42.3 Å². The fraction of sp³-hybridized carbons (Fsp3) is 0.656. The highest BCUT2D eigenvalue weighted by Gasteiger charge is 2.57. The molecular weight excluding hydrogens is 494 g/mol. The van der Waals surface area contributed by atoms with Gasteiger partial charge in [-0.15, -0.1) is 0 Å². The van der Waals surface area contributed by atoms with Gasteiger partial charge in [0.15, 0.2) is 0 Å². The molecular formula is C32H43NO6. The number of fused-ring (bicyclic) bond motifs is 5. The van der Waals surface area contributed by atoms with Crippen molar-refractivity contribution in [2.75, 3.05) is 13.2 Å². The number of carbonyl (C=O) groups is 2. The maximum atomic E-state index is 12.3. The zero-order chi connectivity index (χ0) is 27.6. The van der Waals surface area contributed by atoms with E-state index in [1.807, 2.05) is 18.5 Å². The molecule has 212 valence electrons. The lowest BCUT2D eigenvalue weighted by molar-refractivity contribution is -0.0366. The number of pyridine rings is 1. The van der Waals surface area contributed by atoms with Crippen LogP contribution in [-0.4, -0.2) is 42.7 Å². The minimum atomic E-state index is -0.707. The topological polar surface area (TPSA) is 84.0 Å². The monoisotopic (exact) mass is 537 g/mol. The summed E-state index contributed by atoms with van der Waals surface area (Å²) < 4.78 is 20.8. The maximum Gasteiger partial charge on any atom is 0.508 e. The Kier molecular flexibility index (Phi) is 8.06. The first-order valence-electron chi connectivity index (χ1n) is 14.7. The van der Waals surface area contributed by atoms with Crippen molar-refractivity contribution in [2.45, 2.75) is 91.3 Å². The first-order chi connectivity index (χ1) is 18.7. The Morgan fingerprint density at radius 2 is 1.77 bits per heavy atom. The quantitative estimate of drug-likeness (QED) is 0.202. The lowest BCUT2D eigenvalue weighted by Crippen LogP contribution is -2.50. The van der Waals surface area contributed by atoms with E-state index in [1.54, 1.807) is 13.8 Å². The van der Waals surface area contributed by atoms with Crippen molar-refractivity contribution in [3.8, 4) is 0 Å². The molecule has 5 rings (SSSR count). The van der Waals surface area contributed by atoms with Gasteiger partial charge in [0.25, 0.3) is 0 Å². The number of rotatable bonds is 7. The minimum absolute atomic E-state index is 0.134. The predicted octanol–water partition coefficient (Wildman–Crippen LogP) is 7.51. The molecule has 2 saturated carbocycles. The van der Waals surface area contributed by atoms with Crippen molar-refractivity contribution < 1.29 is 28.5 Å². The van der Waals surface area contributed by atoms with Gasteiger partial charge in [-0.25, -0.2) is 9.59 Å². The maximum absolute atomic E-state index is 12.3. The highest BCUT2D eigenvalue weighted by Crippen LogP contribution is 2.66. The van der Waals surface area contributed by atoms with Gasteiger partial charge in [-0.2, -0.15) is 0 Å². The molecule has 1 aromatic rings. The van der Waals surface area contributed by atoms with Gasteiger partial charge in [0, 0.05) is 25.2 Å². The number of aromatic nitrogens is 1. The lowest BCUT2D eigenvalue weighted by atomic mass is 9.47. The van der Waals surface area contributed by atoms with Crippen LogP contribution in [0.1, 0.15) is 84.6 Å². The van der Waals surface area contributed by atoms with Gasteiger partial charge < -0.3 is 18.9 Å². The molecule has 7 heteroatoms. The van der Waals surface area contributed by atoms with E-state index in [0.29, 0.717) is 24.2 Å². The third-order valence-electron chi connectivity index (χ3n) is 9.94. The van der Waals surface area contributed by atoms with Crippen molar-refractivity contribution >= 4 is 17.9 Å². The first kappa shape index (κ1) is 27.7. The third-order valence-corrected chi connectivity index (χ3v) is 9.94. The first-order valence-corrected chi connectivity index (χ1v) is 14.7. The second kappa shape index (κ2) is 11.3. The summed E-state index contributed by atoms with van der Waals surface area (Å²) >= 11 is 0. The number of hydrogen-bond acceptors (Lipinski definition) is 7. The summed E-state index contributed by atoms with van der Waals surface area (Å²) in [6.07, 6.45) is 14.9. The average Bonchev–Trinajstić information content (AvgIpc) is 3.26. The van der Waals surface area contributed by atoms with E-state index < -0.39 is 12.3 Å². The SMILES string of the molecule is CC(C)OC(=O)OCCCOC(=O)O[C@H]1CC[C@@]2(C)C(=CC[C@@H]3[C@@H]2CC[C@]2(C)C(c4cccnc4)=CC[C@@H]32)C1. The van der Waals surface area contributed by atoms with Gasteiger partial charge >= 0.3 is 12.3 Å². The summed E-state index contributed by atoms with van der Waals surface area (Å²) in [7, 11) is 0. The number of nitrogens with zero attached hydrogens (tertiary/aromatic N) is 1. The second-order valence-electron chi connectivity index (χ2n) is 12.5. The predicted molar refractivity (Wildman–Crippen MR) is 148 cm³/mol. The van der Waals surface area contributed by atoms with Crippen LogP contribution in [-0.2, 0) is 18.9 Å². The fourth-order valence-electron chi connectivity index (χ4n) is 8.03. The molecule has 0 aliphatic heterocycles. The normalized spacial score (nSPS) is 33.2. The van der Waals surface area contributed by atoms with Crippen LogP contribution in [0.2, 0.25) is 0 Å². The summed E-state index contributed by atoms with van der Waals surface area (Å²) in [5, 5.41) is 0. The van der Waals surface area contributed by atoms with Crippen LogP contribution in [0.4, 0.5) is 9.59 Å². The largest absolute Gasteiger partial charge is 0.508 e. The van der Waals surface area contributed by atoms with E-state index >= 15 is 0 Å². The summed E-state index contributed by atoms with van der Waals surface area (Å²) in [6.45, 7) is 8.73. The van der Waals surface area contributed by atoms with E-state index in [1.165, 1.54) is 29.6 Å². The highest BCUT2D eigenvalue weighted by molar-refractivity contribution is 5.72. The molecule has 0 bridgehead atoms. The molecule has 0 spiro atoms. The molecule has 0 aromatic carbocycles. The molecule has 1 heterocycles. The van der Waals surface area contributed by atoms with Crippen molar-refractivity contribution in [3.05, 3.63) is 47.8 Å². The Hall–Kier alpha value is -2.83. The molecule has 0 radical (unpaired) electrons. The zero-order valence-electron chi connectivity index (χ0n) is 23.8. The Morgan fingerprint density at radius 1 is 1.00 bits per heavy atom. The number of ether oxygens (including phenoxy) is 4. The van der Waals surface area contributed by atoms with E-state index in [9.17, 15) is 9.59 Å². The zero-order valence-corrected chi connectivity index (χ0v) is 23.8. The Balaban J connectivity index is 1.13. The fourth-order valence-corrected chi connectivity index (χ4v) is 8.03. The molecule has 6 atom stereocenters. The lowest BCUT2D eigenvalue weighted by Gasteiger charge is -2.57. The van der Waals surface area contributed by atoms with Gasteiger partial charge in [-0.3, -0.25) is 4.98 Å². The van der Waals surface area contributed by atoms with Gasteiger partial charge in [0.05, 0.1) is 19.3 Å². The van der Waals surface area contributed by atoms with E-state index in [2.05, 4.69) is 37.0 Å². The van der Waals surface area contributed by atoms with Crippen molar-refractivity contribution in [1.29, 1.82) is 0 Å². The summed E-state index contributed by atoms with van der Waals surface area (Å²) in [5.41, 5.74) is 4.64. The van der Waals surface area contributed by atoms with Gasteiger partial charge in [0.1, 0.15) is 6.10 Å². The molecule has 7 nitrogen and oxygen atoms in total. The average molecular weight is 538 g/mol. The minimum Gasteiger partial charge on any atom is -0.434 e. The van der Waals surface area contributed by atoms with Crippen LogP contribution >= 0.6 is 0 Å². The smallest absolute Gasteiger partial charge is 0.434 e. The van der Waals surface area contributed by atoms with Gasteiger partial charge in [-0.1, -0.05) is 37.6 Å². The third kappa shape index (κ3) is 5.59. The number of hydrogen-bond donors (Lipinski definition) is 0.